The van der Waals surface area contributed by atoms with Crippen LogP contribution in [0.5, 0.6) is 5.75 Å². The van der Waals surface area contributed by atoms with E-state index in [9.17, 15) is 8.78 Å². The summed E-state index contributed by atoms with van der Waals surface area (Å²) in [6.45, 7) is 4.51. The molecule has 3 nitrogen and oxygen atoms in total. The van der Waals surface area contributed by atoms with Crippen molar-refractivity contribution < 1.29 is 13.5 Å². The summed E-state index contributed by atoms with van der Waals surface area (Å²) in [6, 6.07) is 7.37. The van der Waals surface area contributed by atoms with Gasteiger partial charge in [-0.15, -0.1) is 0 Å². The Labute approximate surface area is 118 Å². The number of rotatable bonds is 5. The first kappa shape index (κ1) is 15.0. The van der Waals surface area contributed by atoms with Crippen molar-refractivity contribution in [2.75, 3.05) is 24.5 Å². The number of nitrogens with zero attached hydrogens (tertiary/aromatic N) is 1. The summed E-state index contributed by atoms with van der Waals surface area (Å²) in [5.74, 6) is 0.867. The Bertz CT molecular complexity index is 409. The largest absolute Gasteiger partial charge is 0.435 e. The van der Waals surface area contributed by atoms with Gasteiger partial charge in [-0.2, -0.15) is 8.78 Å². The Morgan fingerprint density at radius 2 is 2.00 bits per heavy atom. The fourth-order valence-corrected chi connectivity index (χ4v) is 2.63. The zero-order valence-electron chi connectivity index (χ0n) is 12.0. The zero-order chi connectivity index (χ0) is 14.5. The smallest absolute Gasteiger partial charge is 0.387 e. The van der Waals surface area contributed by atoms with E-state index >= 15 is 0 Å². The molecule has 0 radical (unpaired) electrons. The fraction of sp³-hybridized carbons (Fsp3) is 0.600. The Balaban J connectivity index is 1.96. The van der Waals surface area contributed by atoms with E-state index in [1.54, 1.807) is 12.1 Å². The molecular formula is C15H22F2N2O. The average molecular weight is 284 g/mol. The molecule has 1 aliphatic rings. The second-order valence-corrected chi connectivity index (χ2v) is 5.60. The van der Waals surface area contributed by atoms with Crippen LogP contribution in [0.2, 0.25) is 0 Å². The van der Waals surface area contributed by atoms with Crippen LogP contribution in [-0.2, 0) is 0 Å². The first-order valence-corrected chi connectivity index (χ1v) is 7.08. The van der Waals surface area contributed by atoms with E-state index in [0.717, 1.165) is 31.7 Å². The van der Waals surface area contributed by atoms with Crippen molar-refractivity contribution in [1.82, 2.24) is 5.32 Å². The summed E-state index contributed by atoms with van der Waals surface area (Å²) in [5.41, 5.74) is 1.06. The second kappa shape index (κ2) is 6.88. The van der Waals surface area contributed by atoms with Gasteiger partial charge in [-0.25, -0.2) is 0 Å². The van der Waals surface area contributed by atoms with Crippen LogP contribution in [0.4, 0.5) is 14.5 Å². The number of halogens is 2. The van der Waals surface area contributed by atoms with E-state index in [1.807, 2.05) is 12.1 Å². The molecule has 1 atom stereocenters. The molecule has 0 aromatic heterocycles. The molecule has 1 aromatic carbocycles. The number of alkyl halides is 2. The van der Waals surface area contributed by atoms with E-state index in [0.29, 0.717) is 12.0 Å². The summed E-state index contributed by atoms with van der Waals surface area (Å²) in [5, 5.41) is 3.52. The van der Waals surface area contributed by atoms with Gasteiger partial charge < -0.3 is 15.0 Å². The normalized spacial score (nSPS) is 19.7. The lowest BCUT2D eigenvalue weighted by molar-refractivity contribution is -0.0498. The third kappa shape index (κ3) is 4.34. The summed E-state index contributed by atoms with van der Waals surface area (Å²) in [4.78, 5) is 2.29. The maximum atomic E-state index is 12.1. The molecule has 2 rings (SSSR count). The van der Waals surface area contributed by atoms with Crippen LogP contribution < -0.4 is 15.0 Å². The number of hydrogen-bond donors (Lipinski definition) is 1. The lowest BCUT2D eigenvalue weighted by Gasteiger charge is -2.36. The summed E-state index contributed by atoms with van der Waals surface area (Å²) in [6.07, 6.45) is 1.14. The minimum absolute atomic E-state index is 0.206. The van der Waals surface area contributed by atoms with Crippen LogP contribution in [0.1, 0.15) is 20.3 Å². The molecule has 1 unspecified atom stereocenters. The number of hydrogen-bond acceptors (Lipinski definition) is 3. The van der Waals surface area contributed by atoms with Gasteiger partial charge in [-0.05, 0) is 36.6 Å². The van der Waals surface area contributed by atoms with Gasteiger partial charge in [0.25, 0.3) is 0 Å². The standard InChI is InChI=1S/C15H22F2N2O/c1-11(2)9-12-10-19(8-7-18-12)13-3-5-14(6-4-13)20-15(16)17/h3-6,11-12,15,18H,7-10H2,1-2H3. The number of ether oxygens (including phenoxy) is 1. The molecule has 0 spiro atoms. The van der Waals surface area contributed by atoms with Gasteiger partial charge in [-0.1, -0.05) is 13.8 Å². The maximum absolute atomic E-state index is 12.1. The van der Waals surface area contributed by atoms with Crippen molar-refractivity contribution in [1.29, 1.82) is 0 Å². The molecule has 0 saturated carbocycles. The maximum Gasteiger partial charge on any atom is 0.387 e. The molecular weight excluding hydrogens is 262 g/mol. The van der Waals surface area contributed by atoms with Crippen molar-refractivity contribution in [3.8, 4) is 5.75 Å². The lowest BCUT2D eigenvalue weighted by atomic mass is 10.0. The SMILES string of the molecule is CC(C)CC1CN(c2ccc(OC(F)F)cc2)CCN1. The quantitative estimate of drug-likeness (QED) is 0.899. The molecule has 1 aromatic rings. The third-order valence-electron chi connectivity index (χ3n) is 3.44. The number of piperazine rings is 1. The van der Waals surface area contributed by atoms with Crippen molar-refractivity contribution >= 4 is 5.69 Å². The minimum atomic E-state index is -2.77. The summed E-state index contributed by atoms with van der Waals surface area (Å²) >= 11 is 0. The molecule has 0 amide bonds. The highest BCUT2D eigenvalue weighted by Gasteiger charge is 2.20. The molecule has 5 heteroatoms. The van der Waals surface area contributed by atoms with Gasteiger partial charge in [0.2, 0.25) is 0 Å². The van der Waals surface area contributed by atoms with Gasteiger partial charge in [0.1, 0.15) is 5.75 Å². The number of nitrogens with one attached hydrogen (secondary N) is 1. The van der Waals surface area contributed by atoms with Gasteiger partial charge in [0.05, 0.1) is 0 Å². The molecule has 0 aliphatic carbocycles. The Morgan fingerprint density at radius 1 is 1.30 bits per heavy atom. The zero-order valence-corrected chi connectivity index (χ0v) is 12.0. The summed E-state index contributed by atoms with van der Waals surface area (Å²) < 4.78 is 28.6. The van der Waals surface area contributed by atoms with Crippen LogP contribution >= 0.6 is 0 Å². The van der Waals surface area contributed by atoms with E-state index in [-0.39, 0.29) is 5.75 Å². The Morgan fingerprint density at radius 3 is 2.60 bits per heavy atom. The van der Waals surface area contributed by atoms with E-state index in [2.05, 4.69) is 28.8 Å². The average Bonchev–Trinajstić information content (AvgIpc) is 2.38. The molecule has 1 aliphatic heterocycles. The van der Waals surface area contributed by atoms with Crippen LogP contribution in [0, 0.1) is 5.92 Å². The van der Waals surface area contributed by atoms with Crippen molar-refractivity contribution in [2.45, 2.75) is 32.9 Å². The first-order chi connectivity index (χ1) is 9.54. The van der Waals surface area contributed by atoms with Gasteiger partial charge >= 0.3 is 6.61 Å². The number of benzene rings is 1. The van der Waals surface area contributed by atoms with Crippen LogP contribution in [0.15, 0.2) is 24.3 Å². The second-order valence-electron chi connectivity index (χ2n) is 5.60. The molecule has 1 N–H and O–H groups in total. The van der Waals surface area contributed by atoms with Gasteiger partial charge in [0, 0.05) is 31.4 Å². The Kier molecular flexibility index (Phi) is 5.17. The molecule has 1 saturated heterocycles. The highest BCUT2D eigenvalue weighted by Crippen LogP contribution is 2.22. The van der Waals surface area contributed by atoms with Crippen molar-refractivity contribution in [3.63, 3.8) is 0 Å². The molecule has 0 bridgehead atoms. The minimum Gasteiger partial charge on any atom is -0.435 e. The van der Waals surface area contributed by atoms with E-state index < -0.39 is 6.61 Å². The highest BCUT2D eigenvalue weighted by molar-refractivity contribution is 5.49. The predicted molar refractivity (Wildman–Crippen MR) is 76.5 cm³/mol. The first-order valence-electron chi connectivity index (χ1n) is 7.08. The summed E-state index contributed by atoms with van der Waals surface area (Å²) in [7, 11) is 0. The van der Waals surface area contributed by atoms with Crippen molar-refractivity contribution in [3.05, 3.63) is 24.3 Å². The van der Waals surface area contributed by atoms with Crippen LogP contribution in [-0.4, -0.2) is 32.3 Å². The van der Waals surface area contributed by atoms with E-state index in [4.69, 9.17) is 0 Å². The van der Waals surface area contributed by atoms with Crippen LogP contribution in [0.3, 0.4) is 0 Å². The Hall–Kier alpha value is -1.36. The monoisotopic (exact) mass is 284 g/mol. The molecule has 1 heterocycles. The molecule has 112 valence electrons. The van der Waals surface area contributed by atoms with Crippen molar-refractivity contribution in [2.24, 2.45) is 5.92 Å². The topological polar surface area (TPSA) is 24.5 Å². The molecule has 1 fully saturated rings. The highest BCUT2D eigenvalue weighted by atomic mass is 19.3. The number of anilines is 1. The van der Waals surface area contributed by atoms with Crippen LogP contribution in [0.25, 0.3) is 0 Å². The van der Waals surface area contributed by atoms with E-state index in [1.165, 1.54) is 0 Å². The third-order valence-corrected chi connectivity index (χ3v) is 3.44. The van der Waals surface area contributed by atoms with Gasteiger partial charge in [0.15, 0.2) is 0 Å². The van der Waals surface area contributed by atoms with Gasteiger partial charge in [-0.3, -0.25) is 0 Å². The predicted octanol–water partition coefficient (Wildman–Crippen LogP) is 3.11. The lowest BCUT2D eigenvalue weighted by Crippen LogP contribution is -2.51. The molecule has 20 heavy (non-hydrogen) atoms. The fourth-order valence-electron chi connectivity index (χ4n) is 2.63.